The predicted molar refractivity (Wildman–Crippen MR) is 53.2 cm³/mol. The summed E-state index contributed by atoms with van der Waals surface area (Å²) < 4.78 is 0. The number of carbonyl (C=O) groups is 3. The second-order valence-corrected chi connectivity index (χ2v) is 4.38. The van der Waals surface area contributed by atoms with Crippen LogP contribution in [-0.2, 0) is 14.4 Å². The molecule has 6 heteroatoms. The van der Waals surface area contributed by atoms with Gasteiger partial charge in [-0.05, 0) is 12.8 Å². The summed E-state index contributed by atoms with van der Waals surface area (Å²) in [6.07, 6.45) is 2.35. The molecule has 2 rings (SSSR count). The van der Waals surface area contributed by atoms with E-state index in [0.717, 1.165) is 24.2 Å². The van der Waals surface area contributed by atoms with Crippen molar-refractivity contribution in [3.05, 3.63) is 0 Å². The molecule has 3 atom stereocenters. The van der Waals surface area contributed by atoms with Crippen molar-refractivity contribution in [3.63, 3.8) is 0 Å². The molecule has 6 nitrogen and oxygen atoms in total. The van der Waals surface area contributed by atoms with E-state index in [9.17, 15) is 14.4 Å². The van der Waals surface area contributed by atoms with Crippen molar-refractivity contribution in [2.75, 3.05) is 6.54 Å². The van der Waals surface area contributed by atoms with Crippen molar-refractivity contribution in [3.8, 4) is 0 Å². The summed E-state index contributed by atoms with van der Waals surface area (Å²) in [5, 5.41) is 8.64. The van der Waals surface area contributed by atoms with Crippen LogP contribution in [0.4, 0.5) is 0 Å². The summed E-state index contributed by atoms with van der Waals surface area (Å²) in [4.78, 5) is 35.2. The number of rotatable bonds is 3. The van der Waals surface area contributed by atoms with Gasteiger partial charge in [-0.25, -0.2) is 0 Å². The molecular weight excluding hydrogens is 212 g/mol. The van der Waals surface area contributed by atoms with Crippen LogP contribution in [0.3, 0.4) is 0 Å². The van der Waals surface area contributed by atoms with Gasteiger partial charge in [-0.1, -0.05) is 6.42 Å². The third-order valence-electron chi connectivity index (χ3n) is 3.38. The third-order valence-corrected chi connectivity index (χ3v) is 3.38. The fraction of sp³-hybridized carbons (Fsp3) is 0.700. The van der Waals surface area contributed by atoms with Gasteiger partial charge >= 0.3 is 5.97 Å². The minimum absolute atomic E-state index is 0.208. The van der Waals surface area contributed by atoms with Crippen LogP contribution in [0.5, 0.6) is 0 Å². The van der Waals surface area contributed by atoms with E-state index in [-0.39, 0.29) is 30.2 Å². The number of nitrogens with zero attached hydrogens (tertiary/aromatic N) is 1. The number of amides is 2. The summed E-state index contributed by atoms with van der Waals surface area (Å²) >= 11 is 0. The lowest BCUT2D eigenvalue weighted by molar-refractivity contribution is -0.143. The van der Waals surface area contributed by atoms with Gasteiger partial charge in [0.2, 0.25) is 11.8 Å². The summed E-state index contributed by atoms with van der Waals surface area (Å²) in [5.74, 6) is -2.15. The summed E-state index contributed by atoms with van der Waals surface area (Å²) in [6, 6.07) is -1.19. The van der Waals surface area contributed by atoms with Gasteiger partial charge in [0.25, 0.3) is 0 Å². The molecule has 0 aromatic heterocycles. The topological polar surface area (TPSA) is 101 Å². The molecule has 0 bridgehead atoms. The maximum atomic E-state index is 11.8. The summed E-state index contributed by atoms with van der Waals surface area (Å²) in [5.41, 5.74) is 5.33. The Labute approximate surface area is 92.4 Å². The Balaban J connectivity index is 2.09. The Kier molecular flexibility index (Phi) is 2.67. The first-order valence-corrected chi connectivity index (χ1v) is 5.36. The molecule has 2 amide bonds. The Morgan fingerprint density at radius 3 is 2.31 bits per heavy atom. The zero-order chi connectivity index (χ0) is 11.9. The minimum atomic E-state index is -1.20. The van der Waals surface area contributed by atoms with Crippen LogP contribution in [0.25, 0.3) is 0 Å². The molecular formula is C10H14N2O4. The van der Waals surface area contributed by atoms with Gasteiger partial charge in [-0.15, -0.1) is 0 Å². The first kappa shape index (κ1) is 11.1. The van der Waals surface area contributed by atoms with Crippen molar-refractivity contribution in [2.24, 2.45) is 17.6 Å². The SMILES string of the molecule is NC(CN1C(=O)C2CCCC2C1=O)C(=O)O. The van der Waals surface area contributed by atoms with Crippen LogP contribution in [0, 0.1) is 11.8 Å². The van der Waals surface area contributed by atoms with Crippen molar-refractivity contribution in [2.45, 2.75) is 25.3 Å². The molecule has 3 N–H and O–H groups in total. The van der Waals surface area contributed by atoms with Gasteiger partial charge in [-0.2, -0.15) is 0 Å². The molecule has 88 valence electrons. The number of fused-ring (bicyclic) bond motifs is 1. The molecule has 3 unspecified atom stereocenters. The number of carboxylic acid groups (broad SMARTS) is 1. The molecule has 1 aliphatic carbocycles. The van der Waals surface area contributed by atoms with Crippen LogP contribution in [0.1, 0.15) is 19.3 Å². The highest BCUT2D eigenvalue weighted by Crippen LogP contribution is 2.39. The van der Waals surface area contributed by atoms with E-state index < -0.39 is 12.0 Å². The van der Waals surface area contributed by atoms with Gasteiger partial charge < -0.3 is 10.8 Å². The monoisotopic (exact) mass is 226 g/mol. The van der Waals surface area contributed by atoms with E-state index in [4.69, 9.17) is 10.8 Å². The maximum Gasteiger partial charge on any atom is 0.322 e. The quantitative estimate of drug-likeness (QED) is 0.612. The zero-order valence-corrected chi connectivity index (χ0v) is 8.76. The van der Waals surface area contributed by atoms with Crippen molar-refractivity contribution in [1.29, 1.82) is 0 Å². The van der Waals surface area contributed by atoms with Crippen molar-refractivity contribution in [1.82, 2.24) is 4.90 Å². The summed E-state index contributed by atoms with van der Waals surface area (Å²) in [6.45, 7) is -0.208. The fourth-order valence-electron chi connectivity index (χ4n) is 2.51. The zero-order valence-electron chi connectivity index (χ0n) is 8.76. The number of carbonyl (C=O) groups excluding carboxylic acids is 2. The lowest BCUT2D eigenvalue weighted by atomic mass is 10.00. The molecule has 1 heterocycles. The Morgan fingerprint density at radius 1 is 1.38 bits per heavy atom. The van der Waals surface area contributed by atoms with Crippen molar-refractivity contribution >= 4 is 17.8 Å². The Bertz CT molecular complexity index is 333. The van der Waals surface area contributed by atoms with Crippen LogP contribution in [-0.4, -0.2) is 40.4 Å². The van der Waals surface area contributed by atoms with E-state index in [0.29, 0.717) is 0 Å². The highest BCUT2D eigenvalue weighted by molar-refractivity contribution is 6.05. The van der Waals surface area contributed by atoms with E-state index in [1.807, 2.05) is 0 Å². The number of hydrogen-bond acceptors (Lipinski definition) is 4. The smallest absolute Gasteiger partial charge is 0.322 e. The number of imide groups is 1. The van der Waals surface area contributed by atoms with Gasteiger partial charge in [-0.3, -0.25) is 19.3 Å². The van der Waals surface area contributed by atoms with Crippen molar-refractivity contribution < 1.29 is 19.5 Å². The second kappa shape index (κ2) is 3.86. The first-order chi connectivity index (χ1) is 7.52. The number of carboxylic acids is 1. The average Bonchev–Trinajstić information content (AvgIpc) is 2.78. The van der Waals surface area contributed by atoms with Gasteiger partial charge in [0.1, 0.15) is 6.04 Å². The predicted octanol–water partition coefficient (Wildman–Crippen LogP) is -0.817. The molecule has 1 aliphatic heterocycles. The molecule has 2 aliphatic rings. The average molecular weight is 226 g/mol. The van der Waals surface area contributed by atoms with Crippen LogP contribution < -0.4 is 5.73 Å². The van der Waals surface area contributed by atoms with Gasteiger partial charge in [0, 0.05) is 0 Å². The normalized spacial score (nSPS) is 30.7. The minimum Gasteiger partial charge on any atom is -0.480 e. The number of hydrogen-bond donors (Lipinski definition) is 2. The number of likely N-dealkylation sites (tertiary alicyclic amines) is 1. The molecule has 0 spiro atoms. The lowest BCUT2D eigenvalue weighted by Crippen LogP contribution is -2.45. The van der Waals surface area contributed by atoms with E-state index in [1.165, 1.54) is 0 Å². The molecule has 1 saturated carbocycles. The van der Waals surface area contributed by atoms with Gasteiger partial charge in [0.15, 0.2) is 0 Å². The second-order valence-electron chi connectivity index (χ2n) is 4.38. The van der Waals surface area contributed by atoms with E-state index in [2.05, 4.69) is 0 Å². The molecule has 1 saturated heterocycles. The summed E-state index contributed by atoms with van der Waals surface area (Å²) in [7, 11) is 0. The first-order valence-electron chi connectivity index (χ1n) is 5.36. The maximum absolute atomic E-state index is 11.8. The third kappa shape index (κ3) is 1.59. The fourth-order valence-corrected chi connectivity index (χ4v) is 2.51. The lowest BCUT2D eigenvalue weighted by Gasteiger charge is -2.17. The molecule has 0 aromatic rings. The highest BCUT2D eigenvalue weighted by Gasteiger charge is 2.50. The van der Waals surface area contributed by atoms with Crippen LogP contribution >= 0.6 is 0 Å². The largest absolute Gasteiger partial charge is 0.480 e. The molecule has 16 heavy (non-hydrogen) atoms. The van der Waals surface area contributed by atoms with Crippen LogP contribution in [0.15, 0.2) is 0 Å². The Morgan fingerprint density at radius 2 is 1.88 bits per heavy atom. The van der Waals surface area contributed by atoms with E-state index in [1.54, 1.807) is 0 Å². The highest BCUT2D eigenvalue weighted by atomic mass is 16.4. The molecule has 2 fully saturated rings. The van der Waals surface area contributed by atoms with Crippen LogP contribution in [0.2, 0.25) is 0 Å². The standard InChI is InChI=1S/C10H14N2O4/c11-7(10(15)16)4-12-8(13)5-2-1-3-6(5)9(12)14/h5-7H,1-4,11H2,(H,15,16). The number of aliphatic carboxylic acids is 1. The van der Waals surface area contributed by atoms with Gasteiger partial charge in [0.05, 0.1) is 18.4 Å². The molecule has 0 aromatic carbocycles. The Hall–Kier alpha value is -1.43. The van der Waals surface area contributed by atoms with E-state index >= 15 is 0 Å². The number of nitrogens with two attached hydrogens (primary N) is 1. The molecule has 0 radical (unpaired) electrons.